The minimum absolute atomic E-state index is 0.188. The number of hydrogen-bond donors (Lipinski definition) is 1. The van der Waals surface area contributed by atoms with Crippen molar-refractivity contribution in [2.75, 3.05) is 6.54 Å². The molecule has 0 aliphatic carbocycles. The second kappa shape index (κ2) is 6.80. The fourth-order valence-corrected chi connectivity index (χ4v) is 2.61. The highest BCUT2D eigenvalue weighted by atomic mass is 19.1. The van der Waals surface area contributed by atoms with Gasteiger partial charge in [-0.15, -0.1) is 5.10 Å². The first-order valence-electron chi connectivity index (χ1n) is 7.57. The largest absolute Gasteiger partial charge is 0.309 e. The fraction of sp³-hybridized carbons (Fsp3) is 0.500. The summed E-state index contributed by atoms with van der Waals surface area (Å²) in [6.45, 7) is 8.93. The lowest BCUT2D eigenvalue weighted by Gasteiger charge is -2.15. The summed E-state index contributed by atoms with van der Waals surface area (Å²) >= 11 is 0. The van der Waals surface area contributed by atoms with Gasteiger partial charge >= 0.3 is 0 Å². The van der Waals surface area contributed by atoms with Crippen LogP contribution < -0.4 is 5.32 Å². The Hall–Kier alpha value is -1.75. The van der Waals surface area contributed by atoms with Gasteiger partial charge < -0.3 is 5.32 Å². The number of nitrogens with one attached hydrogen (secondary N) is 1. The molecular weight excluding hydrogens is 267 g/mol. The molecule has 0 aliphatic rings. The third-order valence-corrected chi connectivity index (χ3v) is 3.78. The smallest absolute Gasteiger partial charge is 0.128 e. The molecule has 0 saturated carbocycles. The number of benzene rings is 1. The van der Waals surface area contributed by atoms with Crippen LogP contribution in [0.5, 0.6) is 0 Å². The van der Waals surface area contributed by atoms with Crippen LogP contribution in [0.2, 0.25) is 0 Å². The van der Waals surface area contributed by atoms with Crippen LogP contribution in [0.15, 0.2) is 18.2 Å². The molecule has 5 heteroatoms. The minimum atomic E-state index is -0.217. The summed E-state index contributed by atoms with van der Waals surface area (Å²) in [6, 6.07) is 5.24. The first-order chi connectivity index (χ1) is 10.1. The van der Waals surface area contributed by atoms with Gasteiger partial charge in [-0.1, -0.05) is 32.1 Å². The van der Waals surface area contributed by atoms with Crippen LogP contribution in [0.1, 0.15) is 50.2 Å². The molecule has 0 spiro atoms. The SMILES string of the molecule is CCNC(CC)c1nnn(-c2cccc(F)c2C)c1CC. The van der Waals surface area contributed by atoms with E-state index in [0.717, 1.165) is 36.5 Å². The number of halogens is 1. The van der Waals surface area contributed by atoms with Gasteiger partial charge in [0.1, 0.15) is 11.5 Å². The van der Waals surface area contributed by atoms with Crippen molar-refractivity contribution in [2.45, 2.75) is 46.6 Å². The van der Waals surface area contributed by atoms with Crippen LogP contribution in [0.3, 0.4) is 0 Å². The van der Waals surface area contributed by atoms with Crippen molar-refractivity contribution in [2.24, 2.45) is 0 Å². The van der Waals surface area contributed by atoms with Crippen molar-refractivity contribution in [3.8, 4) is 5.69 Å². The highest BCUT2D eigenvalue weighted by molar-refractivity contribution is 5.42. The molecule has 1 aromatic carbocycles. The van der Waals surface area contributed by atoms with E-state index in [0.29, 0.717) is 5.56 Å². The second-order valence-corrected chi connectivity index (χ2v) is 5.09. The predicted octanol–water partition coefficient (Wildman–Crippen LogP) is 3.34. The van der Waals surface area contributed by atoms with Gasteiger partial charge in [0.2, 0.25) is 0 Å². The first kappa shape index (κ1) is 15.6. The summed E-state index contributed by atoms with van der Waals surface area (Å²) < 4.78 is 15.6. The topological polar surface area (TPSA) is 42.7 Å². The Kier molecular flexibility index (Phi) is 5.07. The number of rotatable bonds is 6. The summed E-state index contributed by atoms with van der Waals surface area (Å²) in [7, 11) is 0. The second-order valence-electron chi connectivity index (χ2n) is 5.09. The molecule has 0 bridgehead atoms. The molecule has 1 aromatic heterocycles. The summed E-state index contributed by atoms with van der Waals surface area (Å²) in [4.78, 5) is 0. The van der Waals surface area contributed by atoms with Crippen molar-refractivity contribution < 1.29 is 4.39 Å². The van der Waals surface area contributed by atoms with Crippen molar-refractivity contribution in [3.05, 3.63) is 41.0 Å². The monoisotopic (exact) mass is 290 g/mol. The summed E-state index contributed by atoms with van der Waals surface area (Å²) in [6.07, 6.45) is 1.75. The Labute approximate surface area is 125 Å². The maximum absolute atomic E-state index is 13.8. The summed E-state index contributed by atoms with van der Waals surface area (Å²) in [5.74, 6) is -0.217. The average Bonchev–Trinajstić information content (AvgIpc) is 2.91. The van der Waals surface area contributed by atoms with Gasteiger partial charge in [0.25, 0.3) is 0 Å². The van der Waals surface area contributed by atoms with E-state index in [1.54, 1.807) is 17.7 Å². The Bertz CT molecular complexity index is 606. The Balaban J connectivity index is 2.51. The zero-order valence-corrected chi connectivity index (χ0v) is 13.2. The normalized spacial score (nSPS) is 12.6. The molecule has 114 valence electrons. The van der Waals surface area contributed by atoms with Gasteiger partial charge in [0.05, 0.1) is 17.4 Å². The fourth-order valence-electron chi connectivity index (χ4n) is 2.61. The minimum Gasteiger partial charge on any atom is -0.309 e. The molecule has 1 atom stereocenters. The van der Waals surface area contributed by atoms with Gasteiger partial charge in [-0.3, -0.25) is 0 Å². The van der Waals surface area contributed by atoms with Crippen LogP contribution in [0, 0.1) is 12.7 Å². The van der Waals surface area contributed by atoms with Crippen molar-refractivity contribution in [1.82, 2.24) is 20.3 Å². The molecule has 0 radical (unpaired) electrons. The molecule has 4 nitrogen and oxygen atoms in total. The lowest BCUT2D eigenvalue weighted by Crippen LogP contribution is -2.22. The van der Waals surface area contributed by atoms with E-state index in [9.17, 15) is 4.39 Å². The Morgan fingerprint density at radius 2 is 2.05 bits per heavy atom. The summed E-state index contributed by atoms with van der Waals surface area (Å²) in [5, 5.41) is 12.0. The van der Waals surface area contributed by atoms with E-state index in [1.807, 2.05) is 6.07 Å². The molecule has 1 N–H and O–H groups in total. The van der Waals surface area contributed by atoms with Crippen molar-refractivity contribution in [1.29, 1.82) is 0 Å². The average molecular weight is 290 g/mol. The van der Waals surface area contributed by atoms with E-state index < -0.39 is 0 Å². The van der Waals surface area contributed by atoms with Crippen molar-refractivity contribution in [3.63, 3.8) is 0 Å². The summed E-state index contributed by atoms with van der Waals surface area (Å²) in [5.41, 5.74) is 3.36. The molecule has 2 aromatic rings. The molecule has 0 aliphatic heterocycles. The van der Waals surface area contributed by atoms with Gasteiger partial charge in [-0.2, -0.15) is 0 Å². The van der Waals surface area contributed by atoms with Crippen LogP contribution in [0.4, 0.5) is 4.39 Å². The van der Waals surface area contributed by atoms with Crippen LogP contribution in [0.25, 0.3) is 5.69 Å². The van der Waals surface area contributed by atoms with Crippen LogP contribution in [-0.4, -0.2) is 21.5 Å². The van der Waals surface area contributed by atoms with Gasteiger partial charge in [-0.25, -0.2) is 9.07 Å². The van der Waals surface area contributed by atoms with Crippen LogP contribution in [-0.2, 0) is 6.42 Å². The van der Waals surface area contributed by atoms with E-state index >= 15 is 0 Å². The molecular formula is C16H23FN4. The molecule has 0 amide bonds. The van der Waals surface area contributed by atoms with Crippen molar-refractivity contribution >= 4 is 0 Å². The highest BCUT2D eigenvalue weighted by Crippen LogP contribution is 2.24. The molecule has 1 heterocycles. The quantitative estimate of drug-likeness (QED) is 0.887. The Morgan fingerprint density at radius 1 is 1.29 bits per heavy atom. The molecule has 21 heavy (non-hydrogen) atoms. The standard InChI is InChI=1S/C16H23FN4/c1-5-13(18-7-3)16-14(6-2)21(20-19-16)15-10-8-9-12(17)11(15)4/h8-10,13,18H,5-7H2,1-4H3. The third-order valence-electron chi connectivity index (χ3n) is 3.78. The lowest BCUT2D eigenvalue weighted by atomic mass is 10.1. The molecule has 1 unspecified atom stereocenters. The van der Waals surface area contributed by atoms with E-state index in [1.165, 1.54) is 6.07 Å². The van der Waals surface area contributed by atoms with Crippen LogP contribution >= 0.6 is 0 Å². The maximum Gasteiger partial charge on any atom is 0.128 e. The predicted molar refractivity (Wildman–Crippen MR) is 82.1 cm³/mol. The third kappa shape index (κ3) is 2.97. The van der Waals surface area contributed by atoms with E-state index in [4.69, 9.17) is 0 Å². The zero-order valence-electron chi connectivity index (χ0n) is 13.2. The molecule has 0 saturated heterocycles. The van der Waals surface area contributed by atoms with Gasteiger partial charge in [-0.05, 0) is 38.4 Å². The molecule has 0 fully saturated rings. The van der Waals surface area contributed by atoms with E-state index in [2.05, 4.69) is 36.4 Å². The number of nitrogens with zero attached hydrogens (tertiary/aromatic N) is 3. The lowest BCUT2D eigenvalue weighted by molar-refractivity contribution is 0.520. The number of aromatic nitrogens is 3. The molecule has 2 rings (SSSR count). The zero-order chi connectivity index (χ0) is 15.4. The van der Waals surface area contributed by atoms with Gasteiger partial charge in [0, 0.05) is 5.56 Å². The Morgan fingerprint density at radius 3 is 2.67 bits per heavy atom. The highest BCUT2D eigenvalue weighted by Gasteiger charge is 2.20. The maximum atomic E-state index is 13.8. The first-order valence-corrected chi connectivity index (χ1v) is 7.57. The number of hydrogen-bond acceptors (Lipinski definition) is 3. The van der Waals surface area contributed by atoms with E-state index in [-0.39, 0.29) is 11.9 Å². The van der Waals surface area contributed by atoms with Gasteiger partial charge in [0.15, 0.2) is 0 Å².